The highest BCUT2D eigenvalue weighted by atomic mass is 16.2. The van der Waals surface area contributed by atoms with E-state index in [4.69, 9.17) is 4.98 Å². The Bertz CT molecular complexity index is 1350. The van der Waals surface area contributed by atoms with E-state index in [1.807, 2.05) is 57.0 Å². The highest BCUT2D eigenvalue weighted by molar-refractivity contribution is 5.91. The second kappa shape index (κ2) is 8.47. The maximum atomic E-state index is 12.7. The van der Waals surface area contributed by atoms with Crippen LogP contribution in [0.25, 0.3) is 16.8 Å². The summed E-state index contributed by atoms with van der Waals surface area (Å²) in [6.07, 6.45) is 11.1. The molecular weight excluding hydrogens is 444 g/mol. The Hall–Kier alpha value is -3.76. The average molecular weight is 477 g/mol. The number of carbonyl (C=O) groups excluding carboxylic acids is 1. The summed E-state index contributed by atoms with van der Waals surface area (Å²) in [6, 6.07) is 1.99. The second-order valence-electron chi connectivity index (χ2n) is 10.7. The van der Waals surface area contributed by atoms with Gasteiger partial charge in [-0.1, -0.05) is 12.1 Å². The summed E-state index contributed by atoms with van der Waals surface area (Å²) in [4.78, 5) is 20.0. The first kappa shape index (κ1) is 23.0. The van der Waals surface area contributed by atoms with Crippen molar-refractivity contribution in [3.05, 3.63) is 42.7 Å². The Morgan fingerprint density at radius 1 is 1.14 bits per heavy atom. The van der Waals surface area contributed by atoms with Gasteiger partial charge in [-0.2, -0.15) is 10.2 Å². The smallest absolute Gasteiger partial charge is 0.273 e. The third-order valence-corrected chi connectivity index (χ3v) is 6.73. The summed E-state index contributed by atoms with van der Waals surface area (Å²) in [5.41, 5.74) is 2.90. The lowest BCUT2D eigenvalue weighted by molar-refractivity contribution is 0.0920. The average Bonchev–Trinajstić information content (AvgIpc) is 3.57. The maximum absolute atomic E-state index is 12.7. The van der Waals surface area contributed by atoms with Crippen LogP contribution < -0.4 is 10.2 Å². The molecule has 0 bridgehead atoms. The van der Waals surface area contributed by atoms with Crippen molar-refractivity contribution in [1.29, 1.82) is 0 Å². The van der Waals surface area contributed by atoms with Gasteiger partial charge in [0, 0.05) is 38.4 Å². The van der Waals surface area contributed by atoms with Crippen LogP contribution in [0.2, 0.25) is 0 Å². The lowest BCUT2D eigenvalue weighted by Gasteiger charge is -2.40. The van der Waals surface area contributed by atoms with Crippen molar-refractivity contribution in [2.45, 2.75) is 46.1 Å². The van der Waals surface area contributed by atoms with Gasteiger partial charge in [0.05, 0.1) is 36.0 Å². The first-order chi connectivity index (χ1) is 16.6. The van der Waals surface area contributed by atoms with Gasteiger partial charge in [-0.3, -0.25) is 9.48 Å². The zero-order chi connectivity index (χ0) is 24.8. The topological polar surface area (TPSA) is 111 Å². The van der Waals surface area contributed by atoms with Crippen LogP contribution in [-0.2, 0) is 12.6 Å². The molecule has 0 unspecified atom stereocenters. The highest BCUT2D eigenvalue weighted by Crippen LogP contribution is 2.34. The van der Waals surface area contributed by atoms with Crippen LogP contribution in [0.4, 0.5) is 5.82 Å². The van der Waals surface area contributed by atoms with E-state index >= 15 is 0 Å². The molecule has 1 aliphatic heterocycles. The molecule has 1 fully saturated rings. The number of carbonyl (C=O) groups is 1. The lowest BCUT2D eigenvalue weighted by atomic mass is 9.80. The summed E-state index contributed by atoms with van der Waals surface area (Å²) in [7, 11) is 1.90. The molecule has 0 atom stereocenters. The van der Waals surface area contributed by atoms with Gasteiger partial charge in [0.1, 0.15) is 5.52 Å². The molecule has 4 aromatic rings. The lowest BCUT2D eigenvalue weighted by Crippen LogP contribution is -2.45. The molecule has 11 heteroatoms. The van der Waals surface area contributed by atoms with Crippen LogP contribution in [0.5, 0.6) is 0 Å². The Morgan fingerprint density at radius 2 is 1.91 bits per heavy atom. The van der Waals surface area contributed by atoms with E-state index in [1.54, 1.807) is 21.8 Å². The monoisotopic (exact) mass is 476 g/mol. The van der Waals surface area contributed by atoms with Crippen molar-refractivity contribution in [2.75, 3.05) is 24.5 Å². The van der Waals surface area contributed by atoms with Crippen molar-refractivity contribution in [3.63, 3.8) is 0 Å². The van der Waals surface area contributed by atoms with Crippen molar-refractivity contribution in [3.8, 4) is 11.3 Å². The quantitative estimate of drug-likeness (QED) is 0.471. The van der Waals surface area contributed by atoms with Crippen molar-refractivity contribution in [1.82, 2.24) is 44.7 Å². The van der Waals surface area contributed by atoms with Gasteiger partial charge in [-0.25, -0.2) is 14.2 Å². The normalized spacial score (nSPS) is 16.1. The van der Waals surface area contributed by atoms with Crippen molar-refractivity contribution < 1.29 is 4.79 Å². The molecule has 0 aliphatic carbocycles. The number of rotatable bonds is 5. The number of aromatic nitrogens is 8. The minimum absolute atomic E-state index is 0.0102. The predicted molar refractivity (Wildman–Crippen MR) is 132 cm³/mol. The van der Waals surface area contributed by atoms with Crippen LogP contribution in [-0.4, -0.2) is 64.9 Å². The number of amides is 1. The van der Waals surface area contributed by atoms with Gasteiger partial charge in [0.15, 0.2) is 11.5 Å². The van der Waals surface area contributed by atoms with Crippen LogP contribution in [0.1, 0.15) is 51.0 Å². The van der Waals surface area contributed by atoms with Crippen LogP contribution >= 0.6 is 0 Å². The molecule has 1 amide bonds. The molecule has 35 heavy (non-hydrogen) atoms. The van der Waals surface area contributed by atoms with Crippen LogP contribution in [0.15, 0.2) is 37.1 Å². The first-order valence-corrected chi connectivity index (χ1v) is 11.9. The van der Waals surface area contributed by atoms with E-state index in [0.717, 1.165) is 48.5 Å². The predicted octanol–water partition coefficient (Wildman–Crippen LogP) is 2.51. The Balaban J connectivity index is 1.26. The minimum Gasteiger partial charge on any atom is -0.355 e. The Morgan fingerprint density at radius 3 is 2.57 bits per heavy atom. The van der Waals surface area contributed by atoms with Gasteiger partial charge < -0.3 is 10.2 Å². The number of anilines is 1. The molecular formula is C24H32N10O. The summed E-state index contributed by atoms with van der Waals surface area (Å²) in [5, 5.41) is 20.0. The third-order valence-electron chi connectivity index (χ3n) is 6.73. The number of nitrogens with one attached hydrogen (secondary N) is 1. The number of fused-ring (bicyclic) bond motifs is 1. The fraction of sp³-hybridized carbons (Fsp3) is 0.500. The Kier molecular flexibility index (Phi) is 5.57. The molecule has 0 spiro atoms. The van der Waals surface area contributed by atoms with E-state index in [9.17, 15) is 4.79 Å². The fourth-order valence-electron chi connectivity index (χ4n) is 4.35. The molecule has 0 saturated carbocycles. The zero-order valence-electron chi connectivity index (χ0n) is 20.9. The zero-order valence-corrected chi connectivity index (χ0v) is 20.9. The van der Waals surface area contributed by atoms with E-state index in [2.05, 4.69) is 37.6 Å². The SMILES string of the molecule is Cn1cc(-c2cn3nccc3c(N3CCC(C)(CNC(=O)c4cn(C(C)(C)C)nn4)CC3)n2)cn1. The van der Waals surface area contributed by atoms with Crippen LogP contribution in [0.3, 0.4) is 0 Å². The highest BCUT2D eigenvalue weighted by Gasteiger charge is 2.32. The molecule has 1 N–H and O–H groups in total. The van der Waals surface area contributed by atoms with Gasteiger partial charge in [0.2, 0.25) is 0 Å². The van der Waals surface area contributed by atoms with Gasteiger partial charge >= 0.3 is 0 Å². The van der Waals surface area contributed by atoms with Gasteiger partial charge in [-0.15, -0.1) is 5.10 Å². The molecule has 5 rings (SSSR count). The molecule has 0 radical (unpaired) electrons. The number of hydrogen-bond donors (Lipinski definition) is 1. The molecule has 0 aromatic carbocycles. The van der Waals surface area contributed by atoms with Gasteiger partial charge in [0.25, 0.3) is 5.91 Å². The van der Waals surface area contributed by atoms with Gasteiger partial charge in [-0.05, 0) is 45.1 Å². The van der Waals surface area contributed by atoms with Crippen molar-refractivity contribution in [2.24, 2.45) is 12.5 Å². The second-order valence-corrected chi connectivity index (χ2v) is 10.7. The summed E-state index contributed by atoms with van der Waals surface area (Å²) in [6.45, 7) is 10.6. The standard InChI is InChI=1S/C24H32N10O/c1-23(2,3)34-15-19(29-30-34)22(35)25-16-24(4)7-10-32(11-8-24)21-20-6-9-26-33(20)14-18(28-21)17-12-27-31(5)13-17/h6,9,12-15H,7-8,10-11,16H2,1-5H3,(H,25,35). The van der Waals surface area contributed by atoms with E-state index < -0.39 is 0 Å². The molecule has 184 valence electrons. The molecule has 1 aliphatic rings. The maximum Gasteiger partial charge on any atom is 0.273 e. The van der Waals surface area contributed by atoms with E-state index in [1.165, 1.54) is 0 Å². The minimum atomic E-state index is -0.215. The molecule has 1 saturated heterocycles. The summed E-state index contributed by atoms with van der Waals surface area (Å²) < 4.78 is 5.36. The fourth-order valence-corrected chi connectivity index (χ4v) is 4.35. The van der Waals surface area contributed by atoms with Crippen molar-refractivity contribution >= 4 is 17.2 Å². The number of piperidine rings is 1. The Labute approximate surface area is 204 Å². The number of aryl methyl sites for hydroxylation is 1. The molecule has 4 aromatic heterocycles. The largest absolute Gasteiger partial charge is 0.355 e. The molecule has 5 heterocycles. The number of hydrogen-bond acceptors (Lipinski definition) is 7. The summed E-state index contributed by atoms with van der Waals surface area (Å²) in [5.74, 6) is 0.740. The van der Waals surface area contributed by atoms with Crippen LogP contribution in [0, 0.1) is 5.41 Å². The van der Waals surface area contributed by atoms with E-state index in [0.29, 0.717) is 12.2 Å². The molecule has 11 nitrogen and oxygen atoms in total. The first-order valence-electron chi connectivity index (χ1n) is 11.9. The summed E-state index contributed by atoms with van der Waals surface area (Å²) >= 11 is 0. The third kappa shape index (κ3) is 4.62. The van der Waals surface area contributed by atoms with E-state index in [-0.39, 0.29) is 16.9 Å². The number of nitrogens with zero attached hydrogens (tertiary/aromatic N) is 9.